The van der Waals surface area contributed by atoms with Crippen molar-refractivity contribution in [3.63, 3.8) is 0 Å². The summed E-state index contributed by atoms with van der Waals surface area (Å²) >= 11 is 8.18. The Labute approximate surface area is 242 Å². The van der Waals surface area contributed by atoms with Crippen LogP contribution in [0, 0.1) is 0 Å². The quantitative estimate of drug-likeness (QED) is 0.259. The van der Waals surface area contributed by atoms with E-state index in [1.165, 1.54) is 29.7 Å². The zero-order valence-corrected chi connectivity index (χ0v) is 23.8. The lowest BCUT2D eigenvalue weighted by molar-refractivity contribution is -0.126. The third kappa shape index (κ3) is 6.11. The van der Waals surface area contributed by atoms with Gasteiger partial charge in [0.2, 0.25) is 5.91 Å². The van der Waals surface area contributed by atoms with Gasteiger partial charge in [0.25, 0.3) is 0 Å². The Morgan fingerprint density at radius 1 is 1.15 bits per heavy atom. The fourth-order valence-corrected chi connectivity index (χ4v) is 6.68. The van der Waals surface area contributed by atoms with Gasteiger partial charge in [-0.2, -0.15) is 0 Å². The number of anilines is 2. The third-order valence-corrected chi connectivity index (χ3v) is 8.75. The van der Waals surface area contributed by atoms with Crippen LogP contribution >= 0.6 is 22.9 Å². The van der Waals surface area contributed by atoms with Crippen molar-refractivity contribution < 1.29 is 9.53 Å². The lowest BCUT2D eigenvalue weighted by atomic mass is 10.0. The monoisotopic (exact) mass is 574 g/mol. The van der Waals surface area contributed by atoms with Gasteiger partial charge < -0.3 is 15.0 Å². The van der Waals surface area contributed by atoms with Crippen molar-refractivity contribution in [2.45, 2.75) is 38.8 Å². The number of fused-ring (bicyclic) bond motifs is 3. The van der Waals surface area contributed by atoms with E-state index in [1.54, 1.807) is 36.1 Å². The Balaban J connectivity index is 1.13. The largest absolute Gasteiger partial charge is 0.487 e. The molecule has 40 heavy (non-hydrogen) atoms. The van der Waals surface area contributed by atoms with Gasteiger partial charge in [-0.15, -0.1) is 11.3 Å². The minimum absolute atomic E-state index is 0.0741. The summed E-state index contributed by atoms with van der Waals surface area (Å²) in [6, 6.07) is 9.45. The second kappa shape index (κ2) is 12.3. The first-order valence-corrected chi connectivity index (χ1v) is 14.8. The van der Waals surface area contributed by atoms with Crippen LogP contribution in [0.5, 0.6) is 5.75 Å². The molecule has 1 aromatic carbocycles. The number of hydrogen-bond acceptors (Lipinski definition) is 8. The van der Waals surface area contributed by atoms with E-state index in [4.69, 9.17) is 16.3 Å². The van der Waals surface area contributed by atoms with E-state index in [0.717, 1.165) is 53.3 Å². The molecule has 0 bridgehead atoms. The maximum atomic E-state index is 12.9. The number of nitrogens with one attached hydrogen (secondary N) is 1. The number of benzene rings is 1. The van der Waals surface area contributed by atoms with Crippen molar-refractivity contribution in [2.75, 3.05) is 31.5 Å². The van der Waals surface area contributed by atoms with Crippen molar-refractivity contribution in [3.05, 3.63) is 82.2 Å². The Bertz CT molecular complexity index is 1520. The van der Waals surface area contributed by atoms with Gasteiger partial charge in [0, 0.05) is 47.7 Å². The van der Waals surface area contributed by atoms with E-state index in [2.05, 4.69) is 25.2 Å². The van der Waals surface area contributed by atoms with Crippen LogP contribution < -0.4 is 10.1 Å². The van der Waals surface area contributed by atoms with E-state index in [1.807, 2.05) is 41.3 Å². The van der Waals surface area contributed by atoms with Gasteiger partial charge in [-0.05, 0) is 62.2 Å². The zero-order chi connectivity index (χ0) is 27.3. The van der Waals surface area contributed by atoms with Crippen molar-refractivity contribution in [1.82, 2.24) is 24.8 Å². The number of likely N-dealkylation sites (tertiary alicyclic amines) is 1. The molecule has 2 aliphatic rings. The highest BCUT2D eigenvalue weighted by molar-refractivity contribution is 7.19. The molecule has 0 radical (unpaired) electrons. The number of thiophene rings is 1. The SMILES string of the molecule is O=C(C=CCN1CCCCC1)N1CCc2c(sc3ncnc(Nc4ccc(OCc5cccnc5)c(Cl)c4)c23)C1. The van der Waals surface area contributed by atoms with Gasteiger partial charge in [0.1, 0.15) is 29.3 Å². The molecule has 8 nitrogen and oxygen atoms in total. The second-order valence-electron chi connectivity index (χ2n) is 10.1. The van der Waals surface area contributed by atoms with E-state index in [0.29, 0.717) is 30.5 Å². The number of hydrogen-bond donors (Lipinski definition) is 1. The maximum Gasteiger partial charge on any atom is 0.246 e. The van der Waals surface area contributed by atoms with Crippen LogP contribution in [-0.2, 0) is 24.4 Å². The van der Waals surface area contributed by atoms with E-state index in [9.17, 15) is 4.79 Å². The Morgan fingerprint density at radius 3 is 2.88 bits per heavy atom. The molecule has 4 aromatic rings. The smallest absolute Gasteiger partial charge is 0.246 e. The Morgan fingerprint density at radius 2 is 2.05 bits per heavy atom. The summed E-state index contributed by atoms with van der Waals surface area (Å²) in [7, 11) is 0. The molecule has 0 saturated carbocycles. The topological polar surface area (TPSA) is 83.5 Å². The van der Waals surface area contributed by atoms with Gasteiger partial charge in [-0.1, -0.05) is 30.2 Å². The molecule has 10 heteroatoms. The minimum Gasteiger partial charge on any atom is -0.487 e. The first-order chi connectivity index (χ1) is 19.6. The van der Waals surface area contributed by atoms with Crippen LogP contribution in [0.1, 0.15) is 35.3 Å². The van der Waals surface area contributed by atoms with Crippen molar-refractivity contribution in [1.29, 1.82) is 0 Å². The highest BCUT2D eigenvalue weighted by Crippen LogP contribution is 2.39. The predicted molar refractivity (Wildman–Crippen MR) is 159 cm³/mol. The number of pyridine rings is 1. The number of nitrogens with zero attached hydrogens (tertiary/aromatic N) is 5. The first-order valence-electron chi connectivity index (χ1n) is 13.7. The summed E-state index contributed by atoms with van der Waals surface area (Å²) in [6.07, 6.45) is 13.4. The van der Waals surface area contributed by atoms with E-state index in [-0.39, 0.29) is 5.91 Å². The summed E-state index contributed by atoms with van der Waals surface area (Å²) in [4.78, 5) is 32.5. The number of rotatable bonds is 8. The standard InChI is InChI=1S/C30H31ClN6O2S/c31-24-16-22(8-9-25(24)39-19-21-6-4-11-32-17-21)35-29-28-23-10-15-37(18-26(23)40-30(28)34-20-33-29)27(38)7-5-14-36-12-2-1-3-13-36/h4-9,11,16-17,20H,1-3,10,12-15,18-19H2,(H,33,34,35). The van der Waals surface area contributed by atoms with Crippen molar-refractivity contribution in [2.24, 2.45) is 0 Å². The molecular weight excluding hydrogens is 544 g/mol. The molecule has 206 valence electrons. The molecule has 2 aliphatic heterocycles. The fraction of sp³-hybridized carbons (Fsp3) is 0.333. The number of amides is 1. The number of ether oxygens (including phenoxy) is 1. The van der Waals surface area contributed by atoms with E-state index >= 15 is 0 Å². The van der Waals surface area contributed by atoms with Gasteiger partial charge in [-0.3, -0.25) is 14.7 Å². The van der Waals surface area contributed by atoms with Gasteiger partial charge in [0.05, 0.1) is 17.0 Å². The summed E-state index contributed by atoms with van der Waals surface area (Å²) in [5.41, 5.74) is 3.00. The van der Waals surface area contributed by atoms with Crippen LogP contribution in [0.2, 0.25) is 5.02 Å². The molecule has 1 fully saturated rings. The normalized spacial score (nSPS) is 15.9. The Kier molecular flexibility index (Phi) is 8.22. The summed E-state index contributed by atoms with van der Waals surface area (Å²) in [5.74, 6) is 1.42. The first kappa shape index (κ1) is 26.7. The lowest BCUT2D eigenvalue weighted by Crippen LogP contribution is -2.34. The summed E-state index contributed by atoms with van der Waals surface area (Å²) in [5, 5.41) is 4.95. The maximum absolute atomic E-state index is 12.9. The lowest BCUT2D eigenvalue weighted by Gasteiger charge is -2.27. The van der Waals surface area contributed by atoms with Crippen molar-refractivity contribution >= 4 is 50.6 Å². The van der Waals surface area contributed by atoms with Gasteiger partial charge in [0.15, 0.2) is 0 Å². The second-order valence-corrected chi connectivity index (χ2v) is 11.6. The summed E-state index contributed by atoms with van der Waals surface area (Å²) < 4.78 is 5.88. The molecule has 1 N–H and O–H groups in total. The molecule has 6 rings (SSSR count). The number of carbonyl (C=O) groups excluding carboxylic acids is 1. The third-order valence-electron chi connectivity index (χ3n) is 7.33. The molecule has 0 unspecified atom stereocenters. The van der Waals surface area contributed by atoms with E-state index < -0.39 is 0 Å². The molecule has 3 aromatic heterocycles. The molecule has 0 spiro atoms. The average molecular weight is 575 g/mol. The van der Waals surface area contributed by atoms with Crippen LogP contribution in [0.4, 0.5) is 11.5 Å². The van der Waals surface area contributed by atoms with Crippen molar-refractivity contribution in [3.8, 4) is 5.75 Å². The zero-order valence-electron chi connectivity index (χ0n) is 22.2. The van der Waals surface area contributed by atoms with Gasteiger partial charge >= 0.3 is 0 Å². The van der Waals surface area contributed by atoms with Crippen LogP contribution in [0.15, 0.2) is 61.2 Å². The minimum atomic E-state index is 0.0741. The van der Waals surface area contributed by atoms with Crippen LogP contribution in [0.25, 0.3) is 10.2 Å². The number of halogens is 1. The molecule has 0 atom stereocenters. The summed E-state index contributed by atoms with van der Waals surface area (Å²) in [6.45, 7) is 4.76. The van der Waals surface area contributed by atoms with Crippen LogP contribution in [0.3, 0.4) is 0 Å². The average Bonchev–Trinajstić information content (AvgIpc) is 3.37. The molecule has 5 heterocycles. The number of aromatic nitrogens is 3. The molecular formula is C30H31ClN6O2S. The Hall–Kier alpha value is -3.53. The van der Waals surface area contributed by atoms with Gasteiger partial charge in [-0.25, -0.2) is 9.97 Å². The molecule has 0 aliphatic carbocycles. The molecule has 1 saturated heterocycles. The number of piperidine rings is 1. The predicted octanol–water partition coefficient (Wildman–Crippen LogP) is 5.99. The highest BCUT2D eigenvalue weighted by atomic mass is 35.5. The molecule has 1 amide bonds. The van der Waals surface area contributed by atoms with Crippen LogP contribution in [-0.4, -0.2) is 56.8 Å². The fourth-order valence-electron chi connectivity index (χ4n) is 5.24. The highest BCUT2D eigenvalue weighted by Gasteiger charge is 2.25. The number of carbonyl (C=O) groups is 1.